The van der Waals surface area contributed by atoms with Crippen molar-refractivity contribution in [2.45, 2.75) is 39.2 Å². The molecule has 0 saturated heterocycles. The van der Waals surface area contributed by atoms with Gasteiger partial charge in [-0.3, -0.25) is 4.79 Å². The molecule has 0 unspecified atom stereocenters. The summed E-state index contributed by atoms with van der Waals surface area (Å²) >= 11 is 0. The maximum atomic E-state index is 11.7. The van der Waals surface area contributed by atoms with E-state index in [1.54, 1.807) is 6.26 Å². The van der Waals surface area contributed by atoms with Crippen LogP contribution in [0.3, 0.4) is 0 Å². The van der Waals surface area contributed by atoms with Crippen molar-refractivity contribution in [2.24, 2.45) is 11.8 Å². The van der Waals surface area contributed by atoms with Gasteiger partial charge in [-0.2, -0.15) is 0 Å². The van der Waals surface area contributed by atoms with Gasteiger partial charge in [0.1, 0.15) is 5.76 Å². The zero-order valence-corrected chi connectivity index (χ0v) is 9.90. The van der Waals surface area contributed by atoms with Crippen molar-refractivity contribution in [1.82, 2.24) is 5.32 Å². The predicted octanol–water partition coefficient (Wildman–Crippen LogP) is 2.37. The summed E-state index contributed by atoms with van der Waals surface area (Å²) in [5.41, 5.74) is 0. The molecule has 0 bridgehead atoms. The number of hydrogen-bond acceptors (Lipinski definition) is 2. The summed E-state index contributed by atoms with van der Waals surface area (Å²) in [4.78, 5) is 11.7. The third-order valence-electron chi connectivity index (χ3n) is 3.24. The molecule has 0 radical (unpaired) electrons. The molecule has 16 heavy (non-hydrogen) atoms. The first-order valence-electron chi connectivity index (χ1n) is 5.99. The molecule has 1 saturated carbocycles. The van der Waals surface area contributed by atoms with E-state index in [0.717, 1.165) is 25.0 Å². The molecule has 0 aromatic carbocycles. The van der Waals surface area contributed by atoms with Crippen LogP contribution in [0.2, 0.25) is 0 Å². The highest BCUT2D eigenvalue weighted by molar-refractivity contribution is 5.81. The summed E-state index contributed by atoms with van der Waals surface area (Å²) in [5.74, 6) is 2.06. The Morgan fingerprint density at radius 1 is 1.69 bits per heavy atom. The number of carbonyl (C=O) groups excluding carboxylic acids is 1. The van der Waals surface area contributed by atoms with Gasteiger partial charge < -0.3 is 9.73 Å². The van der Waals surface area contributed by atoms with Crippen molar-refractivity contribution < 1.29 is 9.21 Å². The van der Waals surface area contributed by atoms with Crippen LogP contribution in [0, 0.1) is 11.8 Å². The summed E-state index contributed by atoms with van der Waals surface area (Å²) in [5, 5.41) is 3.05. The average Bonchev–Trinajstić information content (AvgIpc) is 2.79. The second-order valence-corrected chi connectivity index (χ2v) is 4.85. The van der Waals surface area contributed by atoms with Gasteiger partial charge in [-0.05, 0) is 37.8 Å². The lowest BCUT2D eigenvalue weighted by molar-refractivity contribution is -0.123. The van der Waals surface area contributed by atoms with E-state index in [0.29, 0.717) is 5.92 Å². The minimum Gasteiger partial charge on any atom is -0.469 e. The molecule has 1 aromatic rings. The van der Waals surface area contributed by atoms with Crippen LogP contribution in [-0.2, 0) is 11.2 Å². The highest BCUT2D eigenvalue weighted by Gasteiger charge is 2.39. The lowest BCUT2D eigenvalue weighted by Crippen LogP contribution is -2.34. The Hall–Kier alpha value is -1.25. The molecular formula is C13H19NO2. The quantitative estimate of drug-likeness (QED) is 0.829. The number of nitrogens with one attached hydrogen (secondary N) is 1. The van der Waals surface area contributed by atoms with Crippen molar-refractivity contribution in [1.29, 1.82) is 0 Å². The highest BCUT2D eigenvalue weighted by atomic mass is 16.3. The highest BCUT2D eigenvalue weighted by Crippen LogP contribution is 2.37. The van der Waals surface area contributed by atoms with E-state index >= 15 is 0 Å². The number of rotatable bonds is 5. The lowest BCUT2D eigenvalue weighted by atomic mass is 10.1. The average molecular weight is 221 g/mol. The van der Waals surface area contributed by atoms with E-state index in [2.05, 4.69) is 12.2 Å². The summed E-state index contributed by atoms with van der Waals surface area (Å²) in [6.07, 6.45) is 4.55. The monoisotopic (exact) mass is 221 g/mol. The van der Waals surface area contributed by atoms with E-state index in [1.807, 2.05) is 19.1 Å². The zero-order chi connectivity index (χ0) is 11.5. The Morgan fingerprint density at radius 2 is 2.44 bits per heavy atom. The van der Waals surface area contributed by atoms with Crippen molar-refractivity contribution in [2.75, 3.05) is 0 Å². The summed E-state index contributed by atoms with van der Waals surface area (Å²) in [7, 11) is 0. The van der Waals surface area contributed by atoms with Gasteiger partial charge in [0.2, 0.25) is 5.91 Å². The maximum Gasteiger partial charge on any atom is 0.223 e. The fraction of sp³-hybridized carbons (Fsp3) is 0.615. The number of amides is 1. The second kappa shape index (κ2) is 4.73. The van der Waals surface area contributed by atoms with E-state index in [-0.39, 0.29) is 17.9 Å². The van der Waals surface area contributed by atoms with Gasteiger partial charge in [0.15, 0.2) is 0 Å². The van der Waals surface area contributed by atoms with Crippen LogP contribution >= 0.6 is 0 Å². The summed E-state index contributed by atoms with van der Waals surface area (Å²) < 4.78 is 5.25. The predicted molar refractivity (Wildman–Crippen MR) is 61.9 cm³/mol. The van der Waals surface area contributed by atoms with Crippen molar-refractivity contribution >= 4 is 5.91 Å². The molecule has 1 heterocycles. The molecule has 3 nitrogen and oxygen atoms in total. The maximum absolute atomic E-state index is 11.7. The van der Waals surface area contributed by atoms with E-state index < -0.39 is 0 Å². The van der Waals surface area contributed by atoms with Gasteiger partial charge in [-0.15, -0.1) is 0 Å². The smallest absolute Gasteiger partial charge is 0.223 e. The van der Waals surface area contributed by atoms with Crippen molar-refractivity contribution in [3.05, 3.63) is 24.2 Å². The van der Waals surface area contributed by atoms with Crippen LogP contribution < -0.4 is 5.32 Å². The van der Waals surface area contributed by atoms with Crippen LogP contribution in [0.5, 0.6) is 0 Å². The first-order chi connectivity index (χ1) is 7.66. The topological polar surface area (TPSA) is 42.2 Å². The van der Waals surface area contributed by atoms with Crippen molar-refractivity contribution in [3.8, 4) is 0 Å². The van der Waals surface area contributed by atoms with Crippen LogP contribution in [0.25, 0.3) is 0 Å². The number of furan rings is 1. The van der Waals surface area contributed by atoms with E-state index in [9.17, 15) is 4.79 Å². The molecule has 1 aromatic heterocycles. The third-order valence-corrected chi connectivity index (χ3v) is 3.24. The van der Waals surface area contributed by atoms with Crippen molar-refractivity contribution in [3.63, 3.8) is 0 Å². The SMILES string of the molecule is C[C@H](CCc1ccco1)NC(=O)[C@@H]1C[C@@H]1C. The van der Waals surface area contributed by atoms with Crippen LogP contribution in [-0.4, -0.2) is 11.9 Å². The Kier molecular flexibility index (Phi) is 3.32. The molecular weight excluding hydrogens is 202 g/mol. The number of hydrogen-bond donors (Lipinski definition) is 1. The van der Waals surface area contributed by atoms with Gasteiger partial charge in [0, 0.05) is 18.4 Å². The number of carbonyl (C=O) groups is 1. The van der Waals surface area contributed by atoms with E-state index in [4.69, 9.17) is 4.42 Å². The minimum absolute atomic E-state index is 0.222. The normalized spacial score (nSPS) is 25.1. The molecule has 3 heteroatoms. The Morgan fingerprint density at radius 3 is 3.00 bits per heavy atom. The molecule has 0 spiro atoms. The summed E-state index contributed by atoms with van der Waals surface area (Å²) in [6, 6.07) is 4.09. The Bertz CT molecular complexity index is 345. The van der Waals surface area contributed by atoms with Gasteiger partial charge in [0.05, 0.1) is 6.26 Å². The molecule has 1 fully saturated rings. The summed E-state index contributed by atoms with van der Waals surface area (Å²) in [6.45, 7) is 4.17. The fourth-order valence-electron chi connectivity index (χ4n) is 1.92. The fourth-order valence-corrected chi connectivity index (χ4v) is 1.92. The van der Waals surface area contributed by atoms with Gasteiger partial charge in [-0.1, -0.05) is 6.92 Å². The molecule has 1 N–H and O–H groups in total. The molecule has 0 aliphatic heterocycles. The van der Waals surface area contributed by atoms with Gasteiger partial charge in [0.25, 0.3) is 0 Å². The lowest BCUT2D eigenvalue weighted by Gasteiger charge is -2.12. The Balaban J connectivity index is 1.68. The molecule has 3 atom stereocenters. The molecule has 1 amide bonds. The van der Waals surface area contributed by atoms with Gasteiger partial charge >= 0.3 is 0 Å². The van der Waals surface area contributed by atoms with E-state index in [1.165, 1.54) is 0 Å². The first-order valence-corrected chi connectivity index (χ1v) is 5.99. The standard InChI is InChI=1S/C13H19NO2/c1-9-8-12(9)13(15)14-10(2)5-6-11-4-3-7-16-11/h3-4,7,9-10,12H,5-6,8H2,1-2H3,(H,14,15)/t9-,10+,12+/m0/s1. The minimum atomic E-state index is 0.222. The largest absolute Gasteiger partial charge is 0.469 e. The number of aryl methyl sites for hydroxylation is 1. The Labute approximate surface area is 96.2 Å². The van der Waals surface area contributed by atoms with Crippen LogP contribution in [0.1, 0.15) is 32.4 Å². The molecule has 2 rings (SSSR count). The second-order valence-electron chi connectivity index (χ2n) is 4.85. The third kappa shape index (κ3) is 2.87. The molecule has 1 aliphatic rings. The first kappa shape index (κ1) is 11.2. The molecule has 1 aliphatic carbocycles. The zero-order valence-electron chi connectivity index (χ0n) is 9.90. The van der Waals surface area contributed by atoms with Crippen LogP contribution in [0.4, 0.5) is 0 Å². The van der Waals surface area contributed by atoms with Gasteiger partial charge in [-0.25, -0.2) is 0 Å². The van der Waals surface area contributed by atoms with Crippen LogP contribution in [0.15, 0.2) is 22.8 Å². The molecule has 88 valence electrons.